The van der Waals surface area contributed by atoms with E-state index in [2.05, 4.69) is 5.92 Å². The Morgan fingerprint density at radius 2 is 2.08 bits per heavy atom. The molecule has 0 bridgehead atoms. The van der Waals surface area contributed by atoms with Crippen LogP contribution in [0.15, 0.2) is 0 Å². The van der Waals surface area contributed by atoms with Crippen LogP contribution in [0.1, 0.15) is 26.7 Å². The number of rotatable bonds is 2. The van der Waals surface area contributed by atoms with Crippen molar-refractivity contribution in [3.63, 3.8) is 0 Å². The van der Waals surface area contributed by atoms with Crippen molar-refractivity contribution in [2.24, 2.45) is 0 Å². The van der Waals surface area contributed by atoms with E-state index in [1.807, 2.05) is 13.8 Å². The van der Waals surface area contributed by atoms with Crippen molar-refractivity contribution >= 4 is 0 Å². The topological polar surface area (TPSA) is 18.5 Å². The van der Waals surface area contributed by atoms with Crippen LogP contribution in [0.4, 0.5) is 0 Å². The van der Waals surface area contributed by atoms with Crippen LogP contribution >= 0.6 is 0 Å². The normalized spacial score (nSPS) is 25.9. The molecular formula is C9H13LiO2. The summed E-state index contributed by atoms with van der Waals surface area (Å²) in [6.45, 7) is 4.52. The van der Waals surface area contributed by atoms with Gasteiger partial charge < -0.3 is 21.8 Å². The van der Waals surface area contributed by atoms with Gasteiger partial charge in [-0.1, -0.05) is 13.8 Å². The summed E-state index contributed by atoms with van der Waals surface area (Å²) >= 11 is 0. The van der Waals surface area contributed by atoms with Crippen LogP contribution in [0, 0.1) is 12.3 Å². The Bertz CT molecular complexity index is 170. The first kappa shape index (κ1) is 12.1. The molecule has 0 saturated carbocycles. The van der Waals surface area contributed by atoms with Crippen molar-refractivity contribution in [3.8, 4) is 5.92 Å². The van der Waals surface area contributed by atoms with Gasteiger partial charge in [-0.2, -0.15) is 0 Å². The molecule has 12 heavy (non-hydrogen) atoms. The number of ether oxygens (including phenoxy) is 2. The van der Waals surface area contributed by atoms with Crippen LogP contribution in [0.2, 0.25) is 0 Å². The molecule has 0 aromatic rings. The summed E-state index contributed by atoms with van der Waals surface area (Å²) in [5.41, 5.74) is 0. The summed E-state index contributed by atoms with van der Waals surface area (Å²) in [5, 5.41) is 0. The summed E-state index contributed by atoms with van der Waals surface area (Å²) in [5.74, 6) is 1.86. The SMILES string of the molecule is [C-]#C[C@H]1COC(CC)(CC)O1.[Li+]. The smallest absolute Gasteiger partial charge is 0.691 e. The average Bonchev–Trinajstić information content (AvgIpc) is 2.49. The third-order valence-electron chi connectivity index (χ3n) is 2.09. The van der Waals surface area contributed by atoms with E-state index in [0.29, 0.717) is 6.61 Å². The van der Waals surface area contributed by atoms with Gasteiger partial charge in [-0.3, -0.25) is 0 Å². The Morgan fingerprint density at radius 1 is 1.50 bits per heavy atom. The maximum absolute atomic E-state index is 6.87. The Labute approximate surface area is 86.2 Å². The zero-order valence-corrected chi connectivity index (χ0v) is 8.02. The molecule has 1 aliphatic heterocycles. The van der Waals surface area contributed by atoms with E-state index in [4.69, 9.17) is 15.9 Å². The Kier molecular flexibility index (Phi) is 4.98. The van der Waals surface area contributed by atoms with Crippen molar-refractivity contribution in [3.05, 3.63) is 6.42 Å². The molecule has 0 amide bonds. The monoisotopic (exact) mass is 160 g/mol. The molecule has 0 radical (unpaired) electrons. The molecule has 2 nitrogen and oxygen atoms in total. The summed E-state index contributed by atoms with van der Waals surface area (Å²) in [7, 11) is 0. The molecule has 0 N–H and O–H groups in total. The van der Waals surface area contributed by atoms with E-state index in [0.717, 1.165) is 12.8 Å². The number of hydrogen-bond donors (Lipinski definition) is 0. The van der Waals surface area contributed by atoms with Crippen molar-refractivity contribution < 1.29 is 28.3 Å². The van der Waals surface area contributed by atoms with Gasteiger partial charge in [0.25, 0.3) is 0 Å². The second-order valence-corrected chi connectivity index (χ2v) is 2.68. The molecule has 0 aliphatic carbocycles. The molecule has 1 fully saturated rings. The molecule has 1 aliphatic rings. The zero-order chi connectivity index (χ0) is 8.32. The van der Waals surface area contributed by atoms with Crippen LogP contribution in [0.25, 0.3) is 0 Å². The molecule has 62 valence electrons. The first-order chi connectivity index (χ1) is 5.26. The maximum atomic E-state index is 6.87. The van der Waals surface area contributed by atoms with Crippen LogP contribution in [0.3, 0.4) is 0 Å². The predicted molar refractivity (Wildman–Crippen MR) is 41.3 cm³/mol. The Hall–Kier alpha value is 0.0774. The van der Waals surface area contributed by atoms with Gasteiger partial charge in [0.15, 0.2) is 5.79 Å². The largest absolute Gasteiger partial charge is 1.00 e. The van der Waals surface area contributed by atoms with Crippen LogP contribution < -0.4 is 18.9 Å². The van der Waals surface area contributed by atoms with Gasteiger partial charge in [-0.15, -0.1) is 0 Å². The first-order valence-electron chi connectivity index (χ1n) is 4.00. The predicted octanol–water partition coefficient (Wildman–Crippen LogP) is -1.49. The summed E-state index contributed by atoms with van der Waals surface area (Å²) in [6.07, 6.45) is 8.29. The fraction of sp³-hybridized carbons (Fsp3) is 0.778. The second kappa shape index (κ2) is 4.95. The summed E-state index contributed by atoms with van der Waals surface area (Å²) < 4.78 is 10.9. The van der Waals surface area contributed by atoms with E-state index < -0.39 is 5.79 Å². The van der Waals surface area contributed by atoms with E-state index >= 15 is 0 Å². The van der Waals surface area contributed by atoms with Gasteiger partial charge in [0, 0.05) is 0 Å². The van der Waals surface area contributed by atoms with Gasteiger partial charge in [0.1, 0.15) is 6.10 Å². The molecule has 0 aromatic carbocycles. The minimum atomic E-state index is -0.432. The van der Waals surface area contributed by atoms with Gasteiger partial charge in [-0.05, 0) is 12.8 Å². The molecule has 0 aromatic heterocycles. The minimum Gasteiger partial charge on any atom is -0.691 e. The molecule has 3 heteroatoms. The zero-order valence-electron chi connectivity index (χ0n) is 8.02. The number of hydrogen-bond acceptors (Lipinski definition) is 2. The molecule has 1 rings (SSSR count). The minimum absolute atomic E-state index is 0. The summed E-state index contributed by atoms with van der Waals surface area (Å²) in [4.78, 5) is 0. The van der Waals surface area contributed by atoms with Crippen molar-refractivity contribution in [2.45, 2.75) is 38.6 Å². The Balaban J connectivity index is 0.00000121. The summed E-state index contributed by atoms with van der Waals surface area (Å²) in [6, 6.07) is 0. The molecular weight excluding hydrogens is 147 g/mol. The molecule has 1 saturated heterocycles. The van der Waals surface area contributed by atoms with Gasteiger partial charge >= 0.3 is 18.9 Å². The first-order valence-corrected chi connectivity index (χ1v) is 4.00. The van der Waals surface area contributed by atoms with Gasteiger partial charge in [0.2, 0.25) is 0 Å². The molecule has 1 heterocycles. The van der Waals surface area contributed by atoms with Crippen molar-refractivity contribution in [2.75, 3.05) is 6.61 Å². The molecule has 0 unspecified atom stereocenters. The van der Waals surface area contributed by atoms with Crippen LogP contribution in [-0.2, 0) is 9.47 Å². The second-order valence-electron chi connectivity index (χ2n) is 2.68. The van der Waals surface area contributed by atoms with Crippen molar-refractivity contribution in [1.29, 1.82) is 0 Å². The molecule has 1 atom stereocenters. The Morgan fingerprint density at radius 3 is 2.33 bits per heavy atom. The van der Waals surface area contributed by atoms with Gasteiger partial charge in [-0.25, -0.2) is 0 Å². The molecule has 0 spiro atoms. The van der Waals surface area contributed by atoms with Crippen molar-refractivity contribution in [1.82, 2.24) is 0 Å². The standard InChI is InChI=1S/C9H13O2.Li/c1-4-8-7-10-9(5-2,6-3)11-8;/h8H,5-7H2,2-3H3;/q-1;+1/t8-;/m0./s1. The maximum Gasteiger partial charge on any atom is 1.00 e. The van der Waals surface area contributed by atoms with E-state index in [-0.39, 0.29) is 25.0 Å². The third kappa shape index (κ3) is 2.28. The fourth-order valence-corrected chi connectivity index (χ4v) is 1.25. The third-order valence-corrected chi connectivity index (χ3v) is 2.09. The van der Waals surface area contributed by atoms with Crippen LogP contribution in [-0.4, -0.2) is 18.5 Å². The van der Waals surface area contributed by atoms with E-state index in [1.54, 1.807) is 0 Å². The fourth-order valence-electron chi connectivity index (χ4n) is 1.25. The van der Waals surface area contributed by atoms with E-state index in [9.17, 15) is 0 Å². The van der Waals surface area contributed by atoms with Crippen LogP contribution in [0.5, 0.6) is 0 Å². The van der Waals surface area contributed by atoms with E-state index in [1.165, 1.54) is 0 Å². The quantitative estimate of drug-likeness (QED) is 0.278. The average molecular weight is 160 g/mol. The van der Waals surface area contributed by atoms with Gasteiger partial charge in [0.05, 0.1) is 6.61 Å².